The van der Waals surface area contributed by atoms with E-state index in [9.17, 15) is 9.90 Å². The number of carbonyl (C=O) groups is 1. The number of carbonyl (C=O) groups excluding carboxylic acids is 1. The predicted molar refractivity (Wildman–Crippen MR) is 96.0 cm³/mol. The molecule has 2 aromatic carbocycles. The maximum Gasteiger partial charge on any atom is 0.261 e. The zero-order valence-electron chi connectivity index (χ0n) is 13.4. The fraction of sp³-hybridized carbons (Fsp3) is 0.316. The van der Waals surface area contributed by atoms with E-state index in [1.54, 1.807) is 18.2 Å². The van der Waals surface area contributed by atoms with E-state index in [2.05, 4.69) is 35.1 Å². The van der Waals surface area contributed by atoms with Crippen molar-refractivity contribution < 1.29 is 9.90 Å². The van der Waals surface area contributed by atoms with Crippen molar-refractivity contribution in [3.8, 4) is 0 Å². The summed E-state index contributed by atoms with van der Waals surface area (Å²) in [7, 11) is 0. The summed E-state index contributed by atoms with van der Waals surface area (Å²) in [4.78, 5) is 12.8. The Kier molecular flexibility index (Phi) is 5.97. The maximum absolute atomic E-state index is 12.8. The SMILES string of the molecule is CC(C)CCNC(=O)C(O)(c1ccccc1)c1ccccc1Br. The molecule has 3 nitrogen and oxygen atoms in total. The number of amides is 1. The number of benzene rings is 2. The van der Waals surface area contributed by atoms with Gasteiger partial charge in [0.1, 0.15) is 0 Å². The first kappa shape index (κ1) is 17.7. The van der Waals surface area contributed by atoms with Crippen LogP contribution in [0.4, 0.5) is 0 Å². The van der Waals surface area contributed by atoms with Crippen LogP contribution < -0.4 is 5.32 Å². The van der Waals surface area contributed by atoms with Gasteiger partial charge in [-0.15, -0.1) is 0 Å². The van der Waals surface area contributed by atoms with Crippen molar-refractivity contribution in [3.05, 3.63) is 70.2 Å². The van der Waals surface area contributed by atoms with Gasteiger partial charge in [0.25, 0.3) is 5.91 Å². The zero-order valence-corrected chi connectivity index (χ0v) is 15.0. The molecule has 0 saturated carbocycles. The van der Waals surface area contributed by atoms with Crippen LogP contribution in [0.25, 0.3) is 0 Å². The van der Waals surface area contributed by atoms with Crippen LogP contribution in [0.1, 0.15) is 31.4 Å². The summed E-state index contributed by atoms with van der Waals surface area (Å²) < 4.78 is 0.699. The molecule has 2 aromatic rings. The first-order chi connectivity index (χ1) is 11.0. The highest BCUT2D eigenvalue weighted by molar-refractivity contribution is 9.10. The molecule has 0 radical (unpaired) electrons. The predicted octanol–water partition coefficient (Wildman–Crippen LogP) is 3.85. The minimum Gasteiger partial charge on any atom is -0.372 e. The molecule has 1 unspecified atom stereocenters. The summed E-state index contributed by atoms with van der Waals surface area (Å²) in [5.41, 5.74) is -0.639. The zero-order chi connectivity index (χ0) is 16.9. The van der Waals surface area contributed by atoms with Crippen molar-refractivity contribution in [2.24, 2.45) is 5.92 Å². The van der Waals surface area contributed by atoms with Gasteiger partial charge < -0.3 is 10.4 Å². The number of rotatable bonds is 6. The van der Waals surface area contributed by atoms with Gasteiger partial charge in [-0.2, -0.15) is 0 Å². The second kappa shape index (κ2) is 7.75. The molecule has 23 heavy (non-hydrogen) atoms. The van der Waals surface area contributed by atoms with Crippen molar-refractivity contribution in [1.82, 2.24) is 5.32 Å². The van der Waals surface area contributed by atoms with Gasteiger partial charge in [-0.3, -0.25) is 4.79 Å². The van der Waals surface area contributed by atoms with E-state index in [4.69, 9.17) is 0 Å². The summed E-state index contributed by atoms with van der Waals surface area (Å²) in [6.45, 7) is 4.74. The fourth-order valence-corrected chi connectivity index (χ4v) is 3.02. The second-order valence-electron chi connectivity index (χ2n) is 5.99. The molecule has 0 aliphatic carbocycles. The monoisotopic (exact) mass is 375 g/mol. The van der Waals surface area contributed by atoms with Crippen LogP contribution in [0.3, 0.4) is 0 Å². The number of hydrogen-bond donors (Lipinski definition) is 2. The summed E-state index contributed by atoms with van der Waals surface area (Å²) in [6, 6.07) is 16.3. The maximum atomic E-state index is 12.8. The lowest BCUT2D eigenvalue weighted by molar-refractivity contribution is -0.136. The Balaban J connectivity index is 2.40. The summed E-state index contributed by atoms with van der Waals surface area (Å²) in [6.07, 6.45) is 0.868. The molecular weight excluding hydrogens is 354 g/mol. The largest absolute Gasteiger partial charge is 0.372 e. The third-order valence-corrected chi connectivity index (χ3v) is 4.48. The molecule has 2 N–H and O–H groups in total. The fourth-order valence-electron chi connectivity index (χ4n) is 2.45. The summed E-state index contributed by atoms with van der Waals surface area (Å²) >= 11 is 3.45. The molecule has 0 aromatic heterocycles. The van der Waals surface area contributed by atoms with E-state index in [0.29, 0.717) is 28.1 Å². The smallest absolute Gasteiger partial charge is 0.261 e. The molecule has 0 aliphatic heterocycles. The van der Waals surface area contributed by atoms with E-state index in [1.807, 2.05) is 36.4 Å². The van der Waals surface area contributed by atoms with Crippen LogP contribution in [0.15, 0.2) is 59.1 Å². The van der Waals surface area contributed by atoms with E-state index >= 15 is 0 Å². The molecule has 0 heterocycles. The molecule has 1 atom stereocenters. The van der Waals surface area contributed by atoms with Gasteiger partial charge in [-0.1, -0.05) is 78.3 Å². The minimum absolute atomic E-state index is 0.406. The highest BCUT2D eigenvalue weighted by Gasteiger charge is 2.40. The third kappa shape index (κ3) is 4.01. The van der Waals surface area contributed by atoms with Gasteiger partial charge in [0, 0.05) is 16.6 Å². The van der Waals surface area contributed by atoms with Gasteiger partial charge in [0.2, 0.25) is 0 Å². The van der Waals surface area contributed by atoms with Crippen LogP contribution in [0, 0.1) is 5.92 Å². The van der Waals surface area contributed by atoms with E-state index < -0.39 is 11.5 Å². The van der Waals surface area contributed by atoms with Gasteiger partial charge in [-0.05, 0) is 24.0 Å². The van der Waals surface area contributed by atoms with Crippen LogP contribution in [-0.2, 0) is 10.4 Å². The Morgan fingerprint density at radius 3 is 2.35 bits per heavy atom. The van der Waals surface area contributed by atoms with E-state index in [0.717, 1.165) is 6.42 Å². The van der Waals surface area contributed by atoms with Crippen molar-refractivity contribution in [2.45, 2.75) is 25.9 Å². The average Bonchev–Trinajstić information content (AvgIpc) is 2.55. The first-order valence-electron chi connectivity index (χ1n) is 7.77. The Bertz CT molecular complexity index is 657. The Hall–Kier alpha value is -1.65. The average molecular weight is 376 g/mol. The lowest BCUT2D eigenvalue weighted by Crippen LogP contribution is -2.46. The standard InChI is InChI=1S/C19H22BrNO2/c1-14(2)12-13-21-18(22)19(23,15-8-4-3-5-9-15)16-10-6-7-11-17(16)20/h3-11,14,23H,12-13H2,1-2H3,(H,21,22). The van der Waals surface area contributed by atoms with E-state index in [1.165, 1.54) is 0 Å². The van der Waals surface area contributed by atoms with Gasteiger partial charge in [0.15, 0.2) is 5.60 Å². The number of halogens is 1. The minimum atomic E-state index is -1.72. The van der Waals surface area contributed by atoms with Crippen molar-refractivity contribution in [2.75, 3.05) is 6.54 Å². The normalized spacial score (nSPS) is 13.6. The quantitative estimate of drug-likeness (QED) is 0.805. The lowest BCUT2D eigenvalue weighted by atomic mass is 9.85. The molecule has 2 rings (SSSR count). The second-order valence-corrected chi connectivity index (χ2v) is 6.85. The van der Waals surface area contributed by atoms with Crippen LogP contribution in [0.5, 0.6) is 0 Å². The van der Waals surface area contributed by atoms with Gasteiger partial charge in [-0.25, -0.2) is 0 Å². The van der Waals surface area contributed by atoms with Crippen LogP contribution >= 0.6 is 15.9 Å². The molecule has 4 heteroatoms. The molecule has 122 valence electrons. The third-order valence-electron chi connectivity index (χ3n) is 3.79. The first-order valence-corrected chi connectivity index (χ1v) is 8.56. The molecular formula is C19H22BrNO2. The number of nitrogens with one attached hydrogen (secondary N) is 1. The van der Waals surface area contributed by atoms with Crippen LogP contribution in [0.2, 0.25) is 0 Å². The van der Waals surface area contributed by atoms with Crippen LogP contribution in [-0.4, -0.2) is 17.6 Å². The topological polar surface area (TPSA) is 49.3 Å². The molecule has 0 spiro atoms. The Labute approximate surface area is 145 Å². The molecule has 0 saturated heterocycles. The number of aliphatic hydroxyl groups is 1. The highest BCUT2D eigenvalue weighted by atomic mass is 79.9. The van der Waals surface area contributed by atoms with Crippen molar-refractivity contribution in [1.29, 1.82) is 0 Å². The summed E-state index contributed by atoms with van der Waals surface area (Å²) in [5.74, 6) is 0.0832. The lowest BCUT2D eigenvalue weighted by Gasteiger charge is -2.29. The van der Waals surface area contributed by atoms with Crippen molar-refractivity contribution >= 4 is 21.8 Å². The van der Waals surface area contributed by atoms with Gasteiger partial charge >= 0.3 is 0 Å². The molecule has 1 amide bonds. The van der Waals surface area contributed by atoms with E-state index in [-0.39, 0.29) is 0 Å². The number of hydrogen-bond acceptors (Lipinski definition) is 2. The molecule has 0 bridgehead atoms. The Morgan fingerprint density at radius 1 is 1.13 bits per heavy atom. The van der Waals surface area contributed by atoms with Gasteiger partial charge in [0.05, 0.1) is 0 Å². The summed E-state index contributed by atoms with van der Waals surface area (Å²) in [5, 5.41) is 14.2. The molecule has 0 aliphatic rings. The Morgan fingerprint density at radius 2 is 1.74 bits per heavy atom. The molecule has 0 fully saturated rings. The van der Waals surface area contributed by atoms with Crippen molar-refractivity contribution in [3.63, 3.8) is 0 Å². The highest BCUT2D eigenvalue weighted by Crippen LogP contribution is 2.34.